The molecule has 0 aromatic heterocycles. The molecule has 236 valence electrons. The number of amides is 3. The summed E-state index contributed by atoms with van der Waals surface area (Å²) in [5.41, 5.74) is -1.39. The van der Waals surface area contributed by atoms with Crippen LogP contribution < -0.4 is 4.90 Å². The number of unbranched alkanes of at least 4 members (excludes halogenated alkanes) is 2. The number of para-hydroxylation sites is 1. The van der Waals surface area contributed by atoms with E-state index < -0.39 is 35.1 Å². The molecule has 43 heavy (non-hydrogen) atoms. The molecule has 1 aromatic rings. The number of aliphatic hydroxyl groups excluding tert-OH is 1. The highest BCUT2D eigenvalue weighted by molar-refractivity contribution is 6.03. The molecular weight excluding hydrogens is 542 g/mol. The van der Waals surface area contributed by atoms with Crippen LogP contribution >= 0.6 is 0 Å². The number of carbonyl (C=O) groups is 3. The SMILES string of the molecule is C=CCN(CCCCC)C(=O)C1N([C@@H](CO)CC(C)C)C(=O)[C@@H]2[C@@H](C(=O)N(CC=C)c3ccccc3)[C@]3(C)OC12CC3C. The Balaban J connectivity index is 1.85. The zero-order valence-electron chi connectivity index (χ0n) is 26.7. The second kappa shape index (κ2) is 13.3. The van der Waals surface area contributed by atoms with Gasteiger partial charge in [-0.05, 0) is 50.2 Å². The van der Waals surface area contributed by atoms with Crippen molar-refractivity contribution in [2.75, 3.05) is 31.1 Å². The van der Waals surface area contributed by atoms with Gasteiger partial charge < -0.3 is 24.5 Å². The van der Waals surface area contributed by atoms with E-state index in [0.29, 0.717) is 25.9 Å². The molecule has 3 aliphatic rings. The van der Waals surface area contributed by atoms with Crippen LogP contribution in [0.3, 0.4) is 0 Å². The van der Waals surface area contributed by atoms with Crippen molar-refractivity contribution in [2.24, 2.45) is 23.7 Å². The van der Waals surface area contributed by atoms with Crippen LogP contribution in [-0.4, -0.2) is 82.2 Å². The molecular formula is C35H51N3O5. The van der Waals surface area contributed by atoms with Crippen molar-refractivity contribution in [3.63, 3.8) is 0 Å². The first kappa shape index (κ1) is 32.9. The van der Waals surface area contributed by atoms with Gasteiger partial charge in [0.15, 0.2) is 0 Å². The number of aliphatic hydroxyl groups is 1. The van der Waals surface area contributed by atoms with E-state index in [0.717, 1.165) is 24.9 Å². The van der Waals surface area contributed by atoms with Gasteiger partial charge >= 0.3 is 0 Å². The van der Waals surface area contributed by atoms with E-state index in [4.69, 9.17) is 4.74 Å². The average Bonchev–Trinajstić information content (AvgIpc) is 3.50. The maximum Gasteiger partial charge on any atom is 0.248 e. The Morgan fingerprint density at radius 1 is 1.14 bits per heavy atom. The van der Waals surface area contributed by atoms with Crippen molar-refractivity contribution in [3.8, 4) is 0 Å². The van der Waals surface area contributed by atoms with Crippen molar-refractivity contribution in [1.82, 2.24) is 9.80 Å². The fraction of sp³-hybridized carbons (Fsp3) is 0.629. The summed E-state index contributed by atoms with van der Waals surface area (Å²) in [4.78, 5) is 49.1. The molecule has 3 saturated heterocycles. The van der Waals surface area contributed by atoms with Gasteiger partial charge in [-0.15, -0.1) is 13.2 Å². The molecule has 3 fully saturated rings. The Kier molecular flexibility index (Phi) is 10.2. The lowest BCUT2D eigenvalue weighted by Crippen LogP contribution is -2.59. The van der Waals surface area contributed by atoms with Crippen LogP contribution in [-0.2, 0) is 19.1 Å². The van der Waals surface area contributed by atoms with E-state index in [1.54, 1.807) is 26.9 Å². The number of fused-ring (bicyclic) bond motifs is 1. The van der Waals surface area contributed by atoms with Crippen LogP contribution in [0.5, 0.6) is 0 Å². The third-order valence-corrected chi connectivity index (χ3v) is 9.94. The monoisotopic (exact) mass is 593 g/mol. The van der Waals surface area contributed by atoms with E-state index in [1.165, 1.54) is 0 Å². The van der Waals surface area contributed by atoms with Gasteiger partial charge in [-0.1, -0.05) is 70.9 Å². The summed E-state index contributed by atoms with van der Waals surface area (Å²) in [6.07, 6.45) is 7.26. The van der Waals surface area contributed by atoms with E-state index in [2.05, 4.69) is 27.0 Å². The molecule has 0 saturated carbocycles. The standard InChI is InChI=1S/C35H51N3O5/c1-8-11-15-20-36(18-9-2)33(42)30-35-22-25(6)34(7,43-35)28(29(35)32(41)38(30)27(23-39)21-24(4)5)31(40)37(19-10-3)26-16-13-12-14-17-26/h9-10,12-14,16-17,24-25,27-30,39H,2-3,8,11,15,18-23H2,1,4-7H3/t25?,27-,28+,29+,30?,34-,35?/m1/s1. The maximum atomic E-state index is 14.7. The fourth-order valence-electron chi connectivity index (χ4n) is 7.95. The number of hydrogen-bond donors (Lipinski definition) is 1. The molecule has 1 aromatic carbocycles. The molecule has 8 nitrogen and oxygen atoms in total. The molecule has 3 unspecified atom stereocenters. The molecule has 1 N–H and O–H groups in total. The number of carbonyl (C=O) groups excluding carboxylic acids is 3. The average molecular weight is 594 g/mol. The van der Waals surface area contributed by atoms with Gasteiger partial charge in [0.05, 0.1) is 30.1 Å². The molecule has 2 bridgehead atoms. The number of nitrogens with zero attached hydrogens (tertiary/aromatic N) is 3. The van der Waals surface area contributed by atoms with Crippen molar-refractivity contribution >= 4 is 23.4 Å². The zero-order chi connectivity index (χ0) is 31.5. The minimum atomic E-state index is -1.17. The Hall–Kier alpha value is -2.97. The molecule has 0 aliphatic carbocycles. The van der Waals surface area contributed by atoms with E-state index in [1.807, 2.05) is 51.1 Å². The first-order chi connectivity index (χ1) is 20.5. The van der Waals surface area contributed by atoms with Crippen molar-refractivity contribution in [2.45, 2.75) is 90.0 Å². The number of likely N-dealkylation sites (tertiary alicyclic amines) is 1. The lowest BCUT2D eigenvalue weighted by atomic mass is 9.62. The number of rotatable bonds is 15. The van der Waals surface area contributed by atoms with Crippen LogP contribution in [0.2, 0.25) is 0 Å². The molecule has 1 spiro atoms. The molecule has 8 heteroatoms. The zero-order valence-corrected chi connectivity index (χ0v) is 26.7. The van der Waals surface area contributed by atoms with E-state index in [-0.39, 0.29) is 42.7 Å². The van der Waals surface area contributed by atoms with Crippen LogP contribution in [0, 0.1) is 23.7 Å². The number of anilines is 1. The molecule has 3 amide bonds. The molecule has 0 radical (unpaired) electrons. The number of ether oxygens (including phenoxy) is 1. The van der Waals surface area contributed by atoms with Gasteiger partial charge in [0, 0.05) is 25.3 Å². The third kappa shape index (κ3) is 5.68. The second-order valence-electron chi connectivity index (χ2n) is 13.3. The van der Waals surface area contributed by atoms with Gasteiger partial charge in [-0.3, -0.25) is 14.4 Å². The Morgan fingerprint density at radius 3 is 2.40 bits per heavy atom. The first-order valence-corrected chi connectivity index (χ1v) is 16.0. The highest BCUT2D eigenvalue weighted by atomic mass is 16.5. The van der Waals surface area contributed by atoms with Crippen LogP contribution in [0.25, 0.3) is 0 Å². The van der Waals surface area contributed by atoms with Gasteiger partial charge in [0.1, 0.15) is 11.6 Å². The van der Waals surface area contributed by atoms with E-state index in [9.17, 15) is 19.5 Å². The summed E-state index contributed by atoms with van der Waals surface area (Å²) in [6.45, 7) is 18.9. The summed E-state index contributed by atoms with van der Waals surface area (Å²) in [6, 6.07) is 7.90. The minimum absolute atomic E-state index is 0.0762. The fourth-order valence-corrected chi connectivity index (χ4v) is 7.95. The summed E-state index contributed by atoms with van der Waals surface area (Å²) in [5.74, 6) is -2.20. The largest absolute Gasteiger partial charge is 0.394 e. The maximum absolute atomic E-state index is 14.7. The van der Waals surface area contributed by atoms with E-state index >= 15 is 0 Å². The van der Waals surface area contributed by atoms with Crippen molar-refractivity contribution < 1.29 is 24.2 Å². The number of benzene rings is 1. The predicted octanol–water partition coefficient (Wildman–Crippen LogP) is 4.83. The third-order valence-electron chi connectivity index (χ3n) is 9.94. The summed E-state index contributed by atoms with van der Waals surface area (Å²) in [7, 11) is 0. The molecule has 3 aliphatic heterocycles. The van der Waals surface area contributed by atoms with Gasteiger partial charge in [0.2, 0.25) is 17.7 Å². The lowest BCUT2D eigenvalue weighted by molar-refractivity contribution is -0.155. The van der Waals surface area contributed by atoms with Gasteiger partial charge in [-0.2, -0.15) is 0 Å². The highest BCUT2D eigenvalue weighted by Crippen LogP contribution is 2.66. The predicted molar refractivity (Wildman–Crippen MR) is 169 cm³/mol. The Bertz CT molecular complexity index is 1190. The number of hydrogen-bond acceptors (Lipinski definition) is 5. The van der Waals surface area contributed by atoms with Crippen molar-refractivity contribution in [1.29, 1.82) is 0 Å². The summed E-state index contributed by atoms with van der Waals surface area (Å²) < 4.78 is 6.98. The Morgan fingerprint density at radius 2 is 1.81 bits per heavy atom. The van der Waals surface area contributed by atoms with Gasteiger partial charge in [-0.25, -0.2) is 0 Å². The van der Waals surface area contributed by atoms with Crippen LogP contribution in [0.15, 0.2) is 55.6 Å². The summed E-state index contributed by atoms with van der Waals surface area (Å²) >= 11 is 0. The first-order valence-electron chi connectivity index (χ1n) is 16.0. The minimum Gasteiger partial charge on any atom is -0.394 e. The Labute approximate surface area is 257 Å². The second-order valence-corrected chi connectivity index (χ2v) is 13.3. The quantitative estimate of drug-likeness (QED) is 0.233. The smallest absolute Gasteiger partial charge is 0.248 e. The van der Waals surface area contributed by atoms with Crippen LogP contribution in [0.1, 0.15) is 66.7 Å². The molecule has 3 heterocycles. The lowest BCUT2D eigenvalue weighted by Gasteiger charge is -2.40. The normalized spacial score (nSPS) is 29.9. The highest BCUT2D eigenvalue weighted by Gasteiger charge is 2.80. The van der Waals surface area contributed by atoms with Gasteiger partial charge in [0.25, 0.3) is 0 Å². The van der Waals surface area contributed by atoms with Crippen molar-refractivity contribution in [3.05, 3.63) is 55.6 Å². The topological polar surface area (TPSA) is 90.4 Å². The van der Waals surface area contributed by atoms with Crippen LogP contribution in [0.4, 0.5) is 5.69 Å². The molecule has 7 atom stereocenters. The summed E-state index contributed by atoms with van der Waals surface area (Å²) in [5, 5.41) is 10.6. The molecule has 4 rings (SSSR count).